The molecule has 0 saturated heterocycles. The number of aryl methyl sites for hydroxylation is 1. The van der Waals surface area contributed by atoms with Crippen LogP contribution < -0.4 is 0 Å². The van der Waals surface area contributed by atoms with Gasteiger partial charge in [-0.25, -0.2) is 4.79 Å². The van der Waals surface area contributed by atoms with Crippen LogP contribution in [-0.4, -0.2) is 38.2 Å². The number of aromatic nitrogens is 2. The minimum atomic E-state index is -1.01. The summed E-state index contributed by atoms with van der Waals surface area (Å²) in [6.45, 7) is 2.77. The van der Waals surface area contributed by atoms with Crippen LogP contribution in [0.1, 0.15) is 37.8 Å². The quantitative estimate of drug-likeness (QED) is 0.735. The molecule has 0 aromatic carbocycles. The smallest absolute Gasteiger partial charge is 0.331 e. The van der Waals surface area contributed by atoms with Gasteiger partial charge in [0.25, 0.3) is 0 Å². The van der Waals surface area contributed by atoms with E-state index in [0.29, 0.717) is 12.0 Å². The van der Waals surface area contributed by atoms with E-state index in [0.717, 1.165) is 25.8 Å². The van der Waals surface area contributed by atoms with Crippen LogP contribution in [0, 0.1) is 0 Å². The molecule has 6 nitrogen and oxygen atoms in total. The van der Waals surface area contributed by atoms with Gasteiger partial charge in [0.15, 0.2) is 6.04 Å². The molecule has 1 heterocycles. The second-order valence-electron chi connectivity index (χ2n) is 4.56. The molecule has 0 aliphatic heterocycles. The summed E-state index contributed by atoms with van der Waals surface area (Å²) in [6, 6.07) is -0.848. The monoisotopic (exact) mass is 251 g/mol. The predicted octanol–water partition coefficient (Wildman–Crippen LogP) is 1.04. The minimum Gasteiger partial charge on any atom is -0.479 e. The summed E-state index contributed by atoms with van der Waals surface area (Å²) >= 11 is 0. The first-order chi connectivity index (χ1) is 8.67. The summed E-state index contributed by atoms with van der Waals surface area (Å²) in [5.74, 6) is -1.01. The highest BCUT2D eigenvalue weighted by Crippen LogP contribution is 2.33. The standard InChI is InChI=1S/C12H17N3O3/c1-2-5-14-7-9(6-13-14)11(12(17)18)15(8-16)10-3-4-10/h6-8,10-11H,2-5H2,1H3,(H,17,18). The van der Waals surface area contributed by atoms with Crippen LogP contribution in [0.5, 0.6) is 0 Å². The van der Waals surface area contributed by atoms with Gasteiger partial charge in [-0.3, -0.25) is 9.48 Å². The summed E-state index contributed by atoms with van der Waals surface area (Å²) in [4.78, 5) is 23.8. The Morgan fingerprint density at radius 1 is 1.72 bits per heavy atom. The average Bonchev–Trinajstić information content (AvgIpc) is 3.07. The lowest BCUT2D eigenvalue weighted by atomic mass is 10.1. The molecule has 1 aliphatic rings. The number of aliphatic carboxylic acids is 1. The molecule has 1 fully saturated rings. The van der Waals surface area contributed by atoms with Crippen LogP contribution in [0.3, 0.4) is 0 Å². The molecular weight excluding hydrogens is 234 g/mol. The summed E-state index contributed by atoms with van der Waals surface area (Å²) < 4.78 is 1.71. The van der Waals surface area contributed by atoms with Crippen molar-refractivity contribution in [3.63, 3.8) is 0 Å². The zero-order valence-electron chi connectivity index (χ0n) is 10.3. The Kier molecular flexibility index (Phi) is 3.64. The Morgan fingerprint density at radius 3 is 2.94 bits per heavy atom. The average molecular weight is 251 g/mol. The number of carbonyl (C=O) groups excluding carboxylic acids is 1. The van der Waals surface area contributed by atoms with Crippen molar-refractivity contribution >= 4 is 12.4 Å². The van der Waals surface area contributed by atoms with E-state index in [4.69, 9.17) is 0 Å². The van der Waals surface area contributed by atoms with Gasteiger partial charge in [-0.05, 0) is 19.3 Å². The van der Waals surface area contributed by atoms with E-state index in [2.05, 4.69) is 5.10 Å². The largest absolute Gasteiger partial charge is 0.479 e. The number of hydrogen-bond acceptors (Lipinski definition) is 3. The van der Waals surface area contributed by atoms with Crippen molar-refractivity contribution in [1.82, 2.24) is 14.7 Å². The van der Waals surface area contributed by atoms with Crippen LogP contribution in [-0.2, 0) is 16.1 Å². The van der Waals surface area contributed by atoms with Gasteiger partial charge in [-0.1, -0.05) is 6.92 Å². The van der Waals surface area contributed by atoms with E-state index >= 15 is 0 Å². The number of carboxylic acids is 1. The predicted molar refractivity (Wildman–Crippen MR) is 63.8 cm³/mol. The Balaban J connectivity index is 2.22. The summed E-state index contributed by atoms with van der Waals surface area (Å²) in [5.41, 5.74) is 0.565. The van der Waals surface area contributed by atoms with E-state index in [1.807, 2.05) is 6.92 Å². The van der Waals surface area contributed by atoms with Gasteiger partial charge >= 0.3 is 5.97 Å². The van der Waals surface area contributed by atoms with E-state index in [1.54, 1.807) is 10.9 Å². The maximum Gasteiger partial charge on any atom is 0.331 e. The fourth-order valence-electron chi connectivity index (χ4n) is 2.04. The van der Waals surface area contributed by atoms with Crippen molar-refractivity contribution in [3.8, 4) is 0 Å². The van der Waals surface area contributed by atoms with E-state index in [1.165, 1.54) is 11.1 Å². The third kappa shape index (κ3) is 2.52. The molecule has 1 unspecified atom stereocenters. The zero-order chi connectivity index (χ0) is 13.1. The second-order valence-corrected chi connectivity index (χ2v) is 4.56. The first-order valence-corrected chi connectivity index (χ1v) is 6.15. The lowest BCUT2D eigenvalue weighted by Gasteiger charge is -2.23. The lowest BCUT2D eigenvalue weighted by Crippen LogP contribution is -2.34. The van der Waals surface area contributed by atoms with Crippen LogP contribution in [0.25, 0.3) is 0 Å². The molecule has 98 valence electrons. The normalized spacial score (nSPS) is 16.3. The number of nitrogens with zero attached hydrogens (tertiary/aromatic N) is 3. The number of carboxylic acid groups (broad SMARTS) is 1. The number of carbonyl (C=O) groups is 2. The molecule has 6 heteroatoms. The Hall–Kier alpha value is -1.85. The molecule has 1 N–H and O–H groups in total. The molecule has 0 spiro atoms. The van der Waals surface area contributed by atoms with Crippen LogP contribution in [0.2, 0.25) is 0 Å². The fourth-order valence-corrected chi connectivity index (χ4v) is 2.04. The molecule has 1 amide bonds. The molecule has 2 rings (SSSR count). The van der Waals surface area contributed by atoms with Crippen molar-refractivity contribution in [2.75, 3.05) is 0 Å². The van der Waals surface area contributed by atoms with Crippen LogP contribution >= 0.6 is 0 Å². The van der Waals surface area contributed by atoms with Crippen LogP contribution in [0.4, 0.5) is 0 Å². The van der Waals surface area contributed by atoms with Crippen molar-refractivity contribution in [3.05, 3.63) is 18.0 Å². The van der Waals surface area contributed by atoms with Crippen LogP contribution in [0.15, 0.2) is 12.4 Å². The molecule has 1 aliphatic carbocycles. The Morgan fingerprint density at radius 2 is 2.44 bits per heavy atom. The minimum absolute atomic E-state index is 0.0677. The second kappa shape index (κ2) is 5.20. The van der Waals surface area contributed by atoms with Crippen molar-refractivity contribution in [2.45, 2.75) is 44.8 Å². The highest BCUT2D eigenvalue weighted by Gasteiger charge is 2.38. The van der Waals surface area contributed by atoms with Crippen molar-refractivity contribution in [1.29, 1.82) is 0 Å². The third-order valence-corrected chi connectivity index (χ3v) is 3.04. The highest BCUT2D eigenvalue weighted by molar-refractivity contribution is 5.78. The lowest BCUT2D eigenvalue weighted by molar-refractivity contribution is -0.147. The van der Waals surface area contributed by atoms with E-state index in [9.17, 15) is 14.7 Å². The summed E-state index contributed by atoms with van der Waals surface area (Å²) in [5, 5.41) is 13.4. The molecular formula is C12H17N3O3. The molecule has 1 saturated carbocycles. The number of hydrogen-bond donors (Lipinski definition) is 1. The van der Waals surface area contributed by atoms with Gasteiger partial charge in [0, 0.05) is 24.3 Å². The van der Waals surface area contributed by atoms with Gasteiger partial charge in [0.1, 0.15) is 0 Å². The maximum absolute atomic E-state index is 11.4. The van der Waals surface area contributed by atoms with Gasteiger partial charge < -0.3 is 10.0 Å². The number of amides is 1. The summed E-state index contributed by atoms with van der Waals surface area (Å²) in [6.07, 6.45) is 6.57. The first-order valence-electron chi connectivity index (χ1n) is 6.15. The molecule has 1 aromatic rings. The van der Waals surface area contributed by atoms with E-state index in [-0.39, 0.29) is 6.04 Å². The maximum atomic E-state index is 11.4. The van der Waals surface area contributed by atoms with Gasteiger partial charge in [-0.2, -0.15) is 5.10 Å². The zero-order valence-corrected chi connectivity index (χ0v) is 10.3. The summed E-state index contributed by atoms with van der Waals surface area (Å²) in [7, 11) is 0. The van der Waals surface area contributed by atoms with E-state index < -0.39 is 12.0 Å². The first kappa shape index (κ1) is 12.6. The van der Waals surface area contributed by atoms with Crippen molar-refractivity contribution in [2.24, 2.45) is 0 Å². The van der Waals surface area contributed by atoms with Gasteiger partial charge in [0.05, 0.1) is 6.20 Å². The highest BCUT2D eigenvalue weighted by atomic mass is 16.4. The van der Waals surface area contributed by atoms with Gasteiger partial charge in [0.2, 0.25) is 6.41 Å². The van der Waals surface area contributed by atoms with Gasteiger partial charge in [-0.15, -0.1) is 0 Å². The molecule has 0 radical (unpaired) electrons. The molecule has 0 bridgehead atoms. The SMILES string of the molecule is CCCn1cc(C(C(=O)O)N(C=O)C2CC2)cn1. The molecule has 1 atom stereocenters. The van der Waals surface area contributed by atoms with Crippen molar-refractivity contribution < 1.29 is 14.7 Å². The topological polar surface area (TPSA) is 75.4 Å². The Bertz CT molecular complexity index is 440. The molecule has 1 aromatic heterocycles. The Labute approximate surface area is 105 Å². The third-order valence-electron chi connectivity index (χ3n) is 3.04. The fraction of sp³-hybridized carbons (Fsp3) is 0.583. The molecule has 18 heavy (non-hydrogen) atoms. The number of rotatable bonds is 7.